The van der Waals surface area contributed by atoms with Crippen molar-refractivity contribution < 1.29 is 4.39 Å². The van der Waals surface area contributed by atoms with Crippen molar-refractivity contribution in [2.45, 2.75) is 6.92 Å². The fraction of sp³-hybridized carbons (Fsp3) is 0.0625. The summed E-state index contributed by atoms with van der Waals surface area (Å²) in [5, 5.41) is 2.74. The van der Waals surface area contributed by atoms with Crippen LogP contribution in [0.15, 0.2) is 54.0 Å². The molecule has 1 heterocycles. The minimum absolute atomic E-state index is 0.235. The lowest BCUT2D eigenvalue weighted by Gasteiger charge is -2.08. The van der Waals surface area contributed by atoms with Gasteiger partial charge in [-0.2, -0.15) is 0 Å². The zero-order chi connectivity index (χ0) is 13.2. The number of halogens is 1. The van der Waals surface area contributed by atoms with Gasteiger partial charge in [-0.15, -0.1) is 11.3 Å². The average molecular weight is 269 g/mol. The quantitative estimate of drug-likeness (QED) is 0.643. The van der Waals surface area contributed by atoms with Gasteiger partial charge in [0.15, 0.2) is 0 Å². The summed E-state index contributed by atoms with van der Waals surface area (Å²) in [7, 11) is 0. The van der Waals surface area contributed by atoms with Gasteiger partial charge in [-0.1, -0.05) is 35.9 Å². The predicted molar refractivity (Wildman–Crippen MR) is 77.7 cm³/mol. The molecule has 0 bridgehead atoms. The standard InChI is InChI=1S/C16H12FNS/c1-11-2-4-12(5-3-11)14-7-6-13(17)10-15(14)16-18-8-9-19-16/h2-10H,1H3. The molecule has 1 aromatic heterocycles. The van der Waals surface area contributed by atoms with Gasteiger partial charge in [-0.25, -0.2) is 9.37 Å². The lowest BCUT2D eigenvalue weighted by Crippen LogP contribution is -1.87. The molecule has 0 radical (unpaired) electrons. The maximum atomic E-state index is 13.5. The molecule has 3 rings (SSSR count). The summed E-state index contributed by atoms with van der Waals surface area (Å²) < 4.78 is 13.5. The van der Waals surface area contributed by atoms with Crippen molar-refractivity contribution in [1.29, 1.82) is 0 Å². The van der Waals surface area contributed by atoms with Gasteiger partial charge >= 0.3 is 0 Å². The van der Waals surface area contributed by atoms with Gasteiger partial charge in [-0.3, -0.25) is 0 Å². The van der Waals surface area contributed by atoms with Crippen molar-refractivity contribution in [3.05, 3.63) is 65.4 Å². The first-order valence-corrected chi connectivity index (χ1v) is 6.88. The molecule has 0 aliphatic carbocycles. The molecule has 3 heteroatoms. The first kappa shape index (κ1) is 12.1. The summed E-state index contributed by atoms with van der Waals surface area (Å²) in [6.45, 7) is 2.05. The average Bonchev–Trinajstić information content (AvgIpc) is 2.94. The molecule has 0 aliphatic heterocycles. The molecule has 0 unspecified atom stereocenters. The van der Waals surface area contributed by atoms with E-state index in [0.717, 1.165) is 21.7 Å². The predicted octanol–water partition coefficient (Wildman–Crippen LogP) is 4.92. The van der Waals surface area contributed by atoms with E-state index < -0.39 is 0 Å². The number of hydrogen-bond donors (Lipinski definition) is 0. The molecule has 19 heavy (non-hydrogen) atoms. The van der Waals surface area contributed by atoms with Crippen LogP contribution in [0.2, 0.25) is 0 Å². The maximum Gasteiger partial charge on any atom is 0.123 e. The lowest BCUT2D eigenvalue weighted by atomic mass is 9.99. The third-order valence-electron chi connectivity index (χ3n) is 3.01. The highest BCUT2D eigenvalue weighted by molar-refractivity contribution is 7.13. The second kappa shape index (κ2) is 4.94. The van der Waals surface area contributed by atoms with Crippen molar-refractivity contribution in [2.24, 2.45) is 0 Å². The molecule has 1 nitrogen and oxygen atoms in total. The molecular formula is C16H12FNS. The molecule has 0 spiro atoms. The number of aromatic nitrogens is 1. The Morgan fingerprint density at radius 2 is 1.79 bits per heavy atom. The number of rotatable bonds is 2. The molecule has 94 valence electrons. The van der Waals surface area contributed by atoms with Crippen molar-refractivity contribution >= 4 is 11.3 Å². The summed E-state index contributed by atoms with van der Waals surface area (Å²) in [4.78, 5) is 4.28. The minimum atomic E-state index is -0.235. The third kappa shape index (κ3) is 2.42. The van der Waals surface area contributed by atoms with E-state index in [2.05, 4.69) is 36.2 Å². The number of benzene rings is 2. The highest BCUT2D eigenvalue weighted by atomic mass is 32.1. The first-order valence-electron chi connectivity index (χ1n) is 6.00. The maximum absolute atomic E-state index is 13.5. The Kier molecular flexibility index (Phi) is 3.13. The number of aryl methyl sites for hydroxylation is 1. The normalized spacial score (nSPS) is 10.6. The van der Waals surface area contributed by atoms with Crippen LogP contribution in [-0.4, -0.2) is 4.98 Å². The summed E-state index contributed by atoms with van der Waals surface area (Å²) in [5.74, 6) is -0.235. The smallest absolute Gasteiger partial charge is 0.123 e. The third-order valence-corrected chi connectivity index (χ3v) is 3.81. The lowest BCUT2D eigenvalue weighted by molar-refractivity contribution is 0.628. The van der Waals surface area contributed by atoms with Crippen molar-refractivity contribution in [3.63, 3.8) is 0 Å². The molecule has 0 fully saturated rings. The SMILES string of the molecule is Cc1ccc(-c2ccc(F)cc2-c2nccs2)cc1. The summed E-state index contributed by atoms with van der Waals surface area (Å²) in [6.07, 6.45) is 1.74. The van der Waals surface area contributed by atoms with Crippen LogP contribution in [-0.2, 0) is 0 Å². The van der Waals surface area contributed by atoms with Crippen LogP contribution >= 0.6 is 11.3 Å². The van der Waals surface area contributed by atoms with Gasteiger partial charge in [0.05, 0.1) is 0 Å². The Hall–Kier alpha value is -2.00. The van der Waals surface area contributed by atoms with Crippen molar-refractivity contribution in [3.8, 4) is 21.7 Å². The fourth-order valence-electron chi connectivity index (χ4n) is 2.03. The van der Waals surface area contributed by atoms with Crippen LogP contribution in [0.1, 0.15) is 5.56 Å². The molecule has 3 aromatic rings. The van der Waals surface area contributed by atoms with E-state index in [9.17, 15) is 4.39 Å². The monoisotopic (exact) mass is 269 g/mol. The Bertz CT molecular complexity index is 687. The molecule has 2 aromatic carbocycles. The Morgan fingerprint density at radius 3 is 2.47 bits per heavy atom. The largest absolute Gasteiger partial charge is 0.245 e. The molecule has 0 amide bonds. The Labute approximate surface area is 115 Å². The van der Waals surface area contributed by atoms with Gasteiger partial charge in [-0.05, 0) is 30.2 Å². The van der Waals surface area contributed by atoms with Gasteiger partial charge < -0.3 is 0 Å². The Balaban J connectivity index is 2.18. The molecule has 0 N–H and O–H groups in total. The van der Waals surface area contributed by atoms with Gasteiger partial charge in [0.2, 0.25) is 0 Å². The van der Waals surface area contributed by atoms with Crippen LogP contribution in [0.3, 0.4) is 0 Å². The minimum Gasteiger partial charge on any atom is -0.245 e. The van der Waals surface area contributed by atoms with E-state index in [0.29, 0.717) is 0 Å². The van der Waals surface area contributed by atoms with E-state index in [1.54, 1.807) is 12.3 Å². The molecule has 0 saturated heterocycles. The van der Waals surface area contributed by atoms with Gasteiger partial charge in [0.1, 0.15) is 10.8 Å². The van der Waals surface area contributed by atoms with Crippen LogP contribution < -0.4 is 0 Å². The number of hydrogen-bond acceptors (Lipinski definition) is 2. The molecular weight excluding hydrogens is 257 g/mol. The zero-order valence-corrected chi connectivity index (χ0v) is 11.2. The highest BCUT2D eigenvalue weighted by Gasteiger charge is 2.10. The Morgan fingerprint density at radius 1 is 1.00 bits per heavy atom. The van der Waals surface area contributed by atoms with Gasteiger partial charge in [0.25, 0.3) is 0 Å². The van der Waals surface area contributed by atoms with E-state index in [4.69, 9.17) is 0 Å². The van der Waals surface area contributed by atoms with Crippen LogP contribution in [0.5, 0.6) is 0 Å². The van der Waals surface area contributed by atoms with Crippen LogP contribution in [0, 0.1) is 12.7 Å². The molecule has 0 aliphatic rings. The van der Waals surface area contributed by atoms with E-state index >= 15 is 0 Å². The zero-order valence-electron chi connectivity index (χ0n) is 10.4. The highest BCUT2D eigenvalue weighted by Crippen LogP contribution is 2.33. The van der Waals surface area contributed by atoms with E-state index in [-0.39, 0.29) is 5.82 Å². The summed E-state index contributed by atoms with van der Waals surface area (Å²) in [5.41, 5.74) is 4.15. The van der Waals surface area contributed by atoms with E-state index in [1.165, 1.54) is 23.0 Å². The van der Waals surface area contributed by atoms with Crippen LogP contribution in [0.25, 0.3) is 21.7 Å². The van der Waals surface area contributed by atoms with Crippen molar-refractivity contribution in [1.82, 2.24) is 4.98 Å². The van der Waals surface area contributed by atoms with Crippen molar-refractivity contribution in [2.75, 3.05) is 0 Å². The fourth-order valence-corrected chi connectivity index (χ4v) is 2.70. The molecule has 0 saturated carbocycles. The second-order valence-electron chi connectivity index (χ2n) is 4.39. The topological polar surface area (TPSA) is 12.9 Å². The van der Waals surface area contributed by atoms with Gasteiger partial charge in [0, 0.05) is 17.1 Å². The van der Waals surface area contributed by atoms with Crippen LogP contribution in [0.4, 0.5) is 4.39 Å². The summed E-state index contributed by atoms with van der Waals surface area (Å²) >= 11 is 1.52. The number of thiazole rings is 1. The first-order chi connectivity index (χ1) is 9.24. The van der Waals surface area contributed by atoms with E-state index in [1.807, 2.05) is 11.4 Å². The summed E-state index contributed by atoms with van der Waals surface area (Å²) in [6, 6.07) is 13.1. The molecule has 0 atom stereocenters. The number of nitrogens with zero attached hydrogens (tertiary/aromatic N) is 1. The second-order valence-corrected chi connectivity index (χ2v) is 5.29.